The van der Waals surface area contributed by atoms with Crippen molar-refractivity contribution in [2.75, 3.05) is 17.6 Å². The van der Waals surface area contributed by atoms with Gasteiger partial charge in [0.05, 0.1) is 0 Å². The zero-order valence-corrected chi connectivity index (χ0v) is 17.4. The van der Waals surface area contributed by atoms with Gasteiger partial charge in [-0.15, -0.1) is 11.8 Å². The lowest BCUT2D eigenvalue weighted by atomic mass is 10.1. The van der Waals surface area contributed by atoms with E-state index in [0.717, 1.165) is 40.6 Å². The number of carbonyl (C=O) groups is 1. The minimum atomic E-state index is -0.0682. The number of carbonyl (C=O) groups excluding carboxylic acids is 1. The highest BCUT2D eigenvalue weighted by molar-refractivity contribution is 7.99. The Bertz CT molecular complexity index is 1010. The molecular formula is C24H24N2O2S. The van der Waals surface area contributed by atoms with E-state index in [1.165, 1.54) is 5.56 Å². The molecule has 148 valence electrons. The molecule has 4 rings (SSSR count). The molecule has 3 aromatic carbocycles. The number of hydrogen-bond donors (Lipinski definition) is 1. The van der Waals surface area contributed by atoms with E-state index in [-0.39, 0.29) is 11.4 Å². The Kier molecular flexibility index (Phi) is 5.76. The molecule has 3 aromatic rings. The largest absolute Gasteiger partial charge is 0.457 e. The lowest BCUT2D eigenvalue weighted by Gasteiger charge is -2.25. The number of nitrogens with one attached hydrogen (secondary N) is 1. The Morgan fingerprint density at radius 2 is 1.79 bits per heavy atom. The van der Waals surface area contributed by atoms with Crippen molar-refractivity contribution in [3.8, 4) is 11.5 Å². The lowest BCUT2D eigenvalue weighted by Crippen LogP contribution is -2.34. The predicted molar refractivity (Wildman–Crippen MR) is 120 cm³/mol. The first kappa shape index (κ1) is 19.4. The smallest absolute Gasteiger partial charge is 0.323 e. The molecule has 2 amide bonds. The zero-order valence-electron chi connectivity index (χ0n) is 16.6. The molecule has 1 heterocycles. The molecule has 1 N–H and O–H groups in total. The summed E-state index contributed by atoms with van der Waals surface area (Å²) < 4.78 is 5.97. The number of urea groups is 1. The zero-order chi connectivity index (χ0) is 20.2. The van der Waals surface area contributed by atoms with Crippen LogP contribution in [0.5, 0.6) is 11.5 Å². The Morgan fingerprint density at radius 3 is 2.59 bits per heavy atom. The van der Waals surface area contributed by atoms with Crippen LogP contribution in [0.25, 0.3) is 0 Å². The van der Waals surface area contributed by atoms with Crippen molar-refractivity contribution >= 4 is 23.5 Å². The van der Waals surface area contributed by atoms with E-state index in [4.69, 9.17) is 4.74 Å². The monoisotopic (exact) mass is 404 g/mol. The molecule has 4 nitrogen and oxygen atoms in total. The SMILES string of the molecule is Cc1ccc(NC(=O)N2CCS[C@@H]2c2cccc(Oc3ccccc3)c2)c(C)c1. The van der Waals surface area contributed by atoms with Gasteiger partial charge in [-0.2, -0.15) is 0 Å². The number of rotatable bonds is 4. The maximum absolute atomic E-state index is 13.0. The number of ether oxygens (including phenoxy) is 1. The van der Waals surface area contributed by atoms with Crippen LogP contribution in [0.2, 0.25) is 0 Å². The van der Waals surface area contributed by atoms with Gasteiger partial charge >= 0.3 is 6.03 Å². The topological polar surface area (TPSA) is 41.6 Å². The summed E-state index contributed by atoms with van der Waals surface area (Å²) in [7, 11) is 0. The van der Waals surface area contributed by atoms with Crippen molar-refractivity contribution in [3.05, 3.63) is 89.5 Å². The number of aryl methyl sites for hydroxylation is 2. The van der Waals surface area contributed by atoms with Crippen LogP contribution in [0.3, 0.4) is 0 Å². The number of thioether (sulfide) groups is 1. The first-order valence-electron chi connectivity index (χ1n) is 9.69. The van der Waals surface area contributed by atoms with Crippen molar-refractivity contribution in [1.29, 1.82) is 0 Å². The first-order chi connectivity index (χ1) is 14.1. The number of amides is 2. The van der Waals surface area contributed by atoms with E-state index in [1.807, 2.05) is 72.5 Å². The molecule has 29 heavy (non-hydrogen) atoms. The average Bonchev–Trinajstić information content (AvgIpc) is 3.21. The predicted octanol–water partition coefficient (Wildman–Crippen LogP) is 6.38. The second-order valence-electron chi connectivity index (χ2n) is 7.15. The number of nitrogens with zero attached hydrogens (tertiary/aromatic N) is 1. The van der Waals surface area contributed by atoms with Crippen LogP contribution < -0.4 is 10.1 Å². The Morgan fingerprint density at radius 1 is 1.00 bits per heavy atom. The molecule has 0 spiro atoms. The summed E-state index contributed by atoms with van der Waals surface area (Å²) in [6.07, 6.45) is 0. The summed E-state index contributed by atoms with van der Waals surface area (Å²) in [6.45, 7) is 4.79. The van der Waals surface area contributed by atoms with Gasteiger partial charge in [0.25, 0.3) is 0 Å². The van der Waals surface area contributed by atoms with Gasteiger partial charge in [-0.1, -0.05) is 48.0 Å². The standard InChI is InChI=1S/C24H24N2O2S/c1-17-11-12-22(18(2)15-17)25-24(27)26-13-14-29-23(26)19-7-6-10-21(16-19)28-20-8-4-3-5-9-20/h3-12,15-16,23H,13-14H2,1-2H3,(H,25,27)/t23-/m1/s1. The molecule has 1 aliphatic rings. The highest BCUT2D eigenvalue weighted by Crippen LogP contribution is 2.39. The normalized spacial score (nSPS) is 15.9. The van der Waals surface area contributed by atoms with Gasteiger partial charge in [0.2, 0.25) is 0 Å². The van der Waals surface area contributed by atoms with E-state index in [9.17, 15) is 4.79 Å². The van der Waals surface area contributed by atoms with Crippen molar-refractivity contribution in [2.45, 2.75) is 19.2 Å². The van der Waals surface area contributed by atoms with E-state index < -0.39 is 0 Å². The van der Waals surface area contributed by atoms with Crippen molar-refractivity contribution in [1.82, 2.24) is 4.90 Å². The summed E-state index contributed by atoms with van der Waals surface area (Å²) in [4.78, 5) is 14.9. The van der Waals surface area contributed by atoms with Crippen LogP contribution in [-0.2, 0) is 0 Å². The molecule has 0 aromatic heterocycles. The summed E-state index contributed by atoms with van der Waals surface area (Å²) in [5.74, 6) is 2.48. The molecule has 0 bridgehead atoms. The fourth-order valence-corrected chi connectivity index (χ4v) is 4.70. The Labute approximate surface area is 175 Å². The maximum atomic E-state index is 13.0. The molecular weight excluding hydrogens is 380 g/mol. The van der Waals surface area contributed by atoms with Crippen LogP contribution in [0.4, 0.5) is 10.5 Å². The number of benzene rings is 3. The van der Waals surface area contributed by atoms with Gasteiger partial charge in [-0.3, -0.25) is 0 Å². The van der Waals surface area contributed by atoms with Gasteiger partial charge in [-0.05, 0) is 55.3 Å². The van der Waals surface area contributed by atoms with Crippen molar-refractivity contribution < 1.29 is 9.53 Å². The maximum Gasteiger partial charge on any atom is 0.323 e. The van der Waals surface area contributed by atoms with Crippen LogP contribution in [-0.4, -0.2) is 23.2 Å². The summed E-state index contributed by atoms with van der Waals surface area (Å²) in [5.41, 5.74) is 4.18. The molecule has 1 atom stereocenters. The van der Waals surface area contributed by atoms with Crippen LogP contribution in [0.1, 0.15) is 22.1 Å². The lowest BCUT2D eigenvalue weighted by molar-refractivity contribution is 0.214. The molecule has 0 aliphatic carbocycles. The van der Waals surface area contributed by atoms with Gasteiger partial charge < -0.3 is 15.0 Å². The van der Waals surface area contributed by atoms with E-state index in [1.54, 1.807) is 11.8 Å². The fraction of sp³-hybridized carbons (Fsp3) is 0.208. The van der Waals surface area contributed by atoms with Crippen LogP contribution >= 0.6 is 11.8 Å². The van der Waals surface area contributed by atoms with E-state index >= 15 is 0 Å². The highest BCUT2D eigenvalue weighted by Gasteiger charge is 2.31. The van der Waals surface area contributed by atoms with Crippen LogP contribution in [0, 0.1) is 13.8 Å². The average molecular weight is 405 g/mol. The third kappa shape index (κ3) is 4.57. The molecule has 0 radical (unpaired) electrons. The summed E-state index contributed by atoms with van der Waals surface area (Å²) in [6, 6.07) is 23.7. The minimum Gasteiger partial charge on any atom is -0.457 e. The molecule has 0 unspecified atom stereocenters. The molecule has 1 fully saturated rings. The second kappa shape index (κ2) is 8.62. The second-order valence-corrected chi connectivity index (χ2v) is 8.34. The van der Waals surface area contributed by atoms with Crippen LogP contribution in [0.15, 0.2) is 72.8 Å². The van der Waals surface area contributed by atoms with Gasteiger partial charge in [0.15, 0.2) is 0 Å². The molecule has 0 saturated carbocycles. The van der Waals surface area contributed by atoms with Gasteiger partial charge in [0.1, 0.15) is 16.9 Å². The number of hydrogen-bond acceptors (Lipinski definition) is 3. The van der Waals surface area contributed by atoms with Crippen molar-refractivity contribution in [2.24, 2.45) is 0 Å². The first-order valence-corrected chi connectivity index (χ1v) is 10.7. The van der Waals surface area contributed by atoms with Crippen molar-refractivity contribution in [3.63, 3.8) is 0 Å². The molecule has 1 aliphatic heterocycles. The number of anilines is 1. The summed E-state index contributed by atoms with van der Waals surface area (Å²) >= 11 is 1.77. The Balaban J connectivity index is 1.50. The number of para-hydroxylation sites is 1. The molecule has 1 saturated heterocycles. The highest BCUT2D eigenvalue weighted by atomic mass is 32.2. The third-order valence-electron chi connectivity index (χ3n) is 4.90. The van der Waals surface area contributed by atoms with Gasteiger partial charge in [-0.25, -0.2) is 4.79 Å². The molecule has 5 heteroatoms. The third-order valence-corrected chi connectivity index (χ3v) is 6.16. The minimum absolute atomic E-state index is 0.0277. The summed E-state index contributed by atoms with van der Waals surface area (Å²) in [5, 5.41) is 3.05. The fourth-order valence-electron chi connectivity index (χ4n) is 3.45. The Hall–Kier alpha value is -2.92. The van der Waals surface area contributed by atoms with Gasteiger partial charge in [0, 0.05) is 18.0 Å². The van der Waals surface area contributed by atoms with E-state index in [0.29, 0.717) is 0 Å². The van der Waals surface area contributed by atoms with E-state index in [2.05, 4.69) is 24.4 Å². The quantitative estimate of drug-likeness (QED) is 0.549.